The topological polar surface area (TPSA) is 93.4 Å². The van der Waals surface area contributed by atoms with Crippen molar-refractivity contribution in [2.24, 2.45) is 0 Å². The van der Waals surface area contributed by atoms with Crippen molar-refractivity contribution in [1.82, 2.24) is 9.55 Å². The predicted molar refractivity (Wildman–Crippen MR) is 131 cm³/mol. The van der Waals surface area contributed by atoms with E-state index in [-0.39, 0.29) is 5.91 Å². The van der Waals surface area contributed by atoms with Crippen LogP contribution in [0.5, 0.6) is 0 Å². The van der Waals surface area contributed by atoms with Gasteiger partial charge in [-0.05, 0) is 45.0 Å². The number of rotatable bonds is 9. The molecule has 0 atom stereocenters. The summed E-state index contributed by atoms with van der Waals surface area (Å²) in [5.41, 5.74) is 2.33. The number of amides is 1. The zero-order valence-electron chi connectivity index (χ0n) is 18.9. The maximum atomic E-state index is 13.0. The average molecular weight is 488 g/mol. The summed E-state index contributed by atoms with van der Waals surface area (Å²) in [4.78, 5) is 29.9. The first-order chi connectivity index (χ1) is 15.6. The summed E-state index contributed by atoms with van der Waals surface area (Å²) in [6.45, 7) is 6.15. The van der Waals surface area contributed by atoms with Crippen LogP contribution in [0.1, 0.15) is 30.0 Å². The molecule has 2 N–H and O–H groups in total. The molecule has 9 heteroatoms. The van der Waals surface area contributed by atoms with Crippen LogP contribution in [0.2, 0.25) is 5.02 Å². The monoisotopic (exact) mass is 487 g/mol. The Labute approximate surface area is 202 Å². The quantitative estimate of drug-likeness (QED) is 0.394. The van der Waals surface area contributed by atoms with Gasteiger partial charge < -0.3 is 19.7 Å². The molecule has 1 amide bonds. The number of methoxy groups -OCH3 is 1. The standard InChI is InChI=1S/C24H26ClN3O4S/c1-15-20(22(29)26-19-8-6-5-7-18(19)25)27-21(28(15)13-14-32-4)16-9-11-17(12-10-16)33-24(2,3)23(30)31/h5-12H,13-14H2,1-4H3,(H,26,29)(H,30,31). The number of carbonyl (C=O) groups is 2. The molecule has 33 heavy (non-hydrogen) atoms. The van der Waals surface area contributed by atoms with Crippen molar-refractivity contribution in [3.8, 4) is 11.4 Å². The molecule has 3 aromatic rings. The minimum absolute atomic E-state index is 0.298. The van der Waals surface area contributed by atoms with Gasteiger partial charge in [-0.3, -0.25) is 9.59 Å². The summed E-state index contributed by atoms with van der Waals surface area (Å²) in [6.07, 6.45) is 0. The molecule has 0 aliphatic heterocycles. The number of imidazole rings is 1. The van der Waals surface area contributed by atoms with Gasteiger partial charge in [0.1, 0.15) is 16.3 Å². The van der Waals surface area contributed by atoms with Gasteiger partial charge in [-0.25, -0.2) is 4.98 Å². The van der Waals surface area contributed by atoms with Gasteiger partial charge in [0, 0.05) is 29.8 Å². The van der Waals surface area contributed by atoms with Crippen LogP contribution in [0.3, 0.4) is 0 Å². The molecule has 174 valence electrons. The fourth-order valence-corrected chi connectivity index (χ4v) is 4.31. The minimum Gasteiger partial charge on any atom is -0.480 e. The number of aromatic nitrogens is 2. The van der Waals surface area contributed by atoms with Crippen molar-refractivity contribution < 1.29 is 19.4 Å². The van der Waals surface area contributed by atoms with Crippen molar-refractivity contribution in [3.63, 3.8) is 0 Å². The number of benzene rings is 2. The van der Waals surface area contributed by atoms with Crippen molar-refractivity contribution in [2.75, 3.05) is 19.0 Å². The molecule has 0 radical (unpaired) electrons. The van der Waals surface area contributed by atoms with Gasteiger partial charge in [0.15, 0.2) is 0 Å². The Morgan fingerprint density at radius 1 is 1.18 bits per heavy atom. The van der Waals surface area contributed by atoms with Crippen LogP contribution in [-0.2, 0) is 16.1 Å². The molecular weight excluding hydrogens is 462 g/mol. The zero-order valence-corrected chi connectivity index (χ0v) is 20.5. The number of ether oxygens (including phenoxy) is 1. The van der Waals surface area contributed by atoms with Crippen LogP contribution < -0.4 is 5.32 Å². The predicted octanol–water partition coefficient (Wildman–Crippen LogP) is 5.37. The van der Waals surface area contributed by atoms with Gasteiger partial charge >= 0.3 is 5.97 Å². The highest BCUT2D eigenvalue weighted by Gasteiger charge is 2.28. The number of anilines is 1. The number of carboxylic acids is 1. The van der Waals surface area contributed by atoms with E-state index in [1.165, 1.54) is 11.8 Å². The molecule has 1 heterocycles. The van der Waals surface area contributed by atoms with Gasteiger partial charge in [-0.1, -0.05) is 35.9 Å². The number of para-hydroxylation sites is 1. The number of aliphatic carboxylic acids is 1. The normalized spacial score (nSPS) is 11.4. The molecule has 0 bridgehead atoms. The van der Waals surface area contributed by atoms with E-state index in [9.17, 15) is 14.7 Å². The zero-order chi connectivity index (χ0) is 24.2. The van der Waals surface area contributed by atoms with Crippen LogP contribution in [0, 0.1) is 6.92 Å². The summed E-state index contributed by atoms with van der Waals surface area (Å²) in [5.74, 6) is -0.604. The maximum Gasteiger partial charge on any atom is 0.319 e. The fraction of sp³-hybridized carbons (Fsp3) is 0.292. The molecule has 0 saturated heterocycles. The molecule has 0 aliphatic rings. The van der Waals surface area contributed by atoms with Gasteiger partial charge in [0.2, 0.25) is 0 Å². The van der Waals surface area contributed by atoms with Crippen LogP contribution in [-0.4, -0.2) is 45.0 Å². The maximum absolute atomic E-state index is 13.0. The summed E-state index contributed by atoms with van der Waals surface area (Å²) in [6, 6.07) is 14.5. The van der Waals surface area contributed by atoms with Crippen LogP contribution in [0.15, 0.2) is 53.4 Å². The molecule has 7 nitrogen and oxygen atoms in total. The number of thioether (sulfide) groups is 1. The molecular formula is C24H26ClN3O4S. The van der Waals surface area contributed by atoms with E-state index >= 15 is 0 Å². The first-order valence-electron chi connectivity index (χ1n) is 10.3. The van der Waals surface area contributed by atoms with Crippen molar-refractivity contribution in [2.45, 2.75) is 37.0 Å². The van der Waals surface area contributed by atoms with E-state index in [0.29, 0.717) is 41.1 Å². The lowest BCUT2D eigenvalue weighted by Crippen LogP contribution is -2.26. The SMILES string of the molecule is COCCn1c(-c2ccc(SC(C)(C)C(=O)O)cc2)nc(C(=O)Nc2ccccc2Cl)c1C. The number of hydrogen-bond donors (Lipinski definition) is 2. The summed E-state index contributed by atoms with van der Waals surface area (Å²) >= 11 is 7.45. The molecule has 0 saturated carbocycles. The lowest BCUT2D eigenvalue weighted by atomic mass is 10.2. The van der Waals surface area contributed by atoms with E-state index in [0.717, 1.165) is 10.5 Å². The highest BCUT2D eigenvalue weighted by atomic mass is 35.5. The fourth-order valence-electron chi connectivity index (χ4n) is 3.18. The lowest BCUT2D eigenvalue weighted by molar-refractivity contribution is -0.138. The molecule has 2 aromatic carbocycles. The van der Waals surface area contributed by atoms with Gasteiger partial charge in [-0.2, -0.15) is 0 Å². The Morgan fingerprint density at radius 3 is 2.45 bits per heavy atom. The third-order valence-corrected chi connectivity index (χ3v) is 6.60. The Bertz CT molecular complexity index is 1160. The van der Waals surface area contributed by atoms with Crippen molar-refractivity contribution >= 4 is 40.9 Å². The number of nitrogens with one attached hydrogen (secondary N) is 1. The highest BCUT2D eigenvalue weighted by molar-refractivity contribution is 8.01. The third kappa shape index (κ3) is 5.76. The second-order valence-electron chi connectivity index (χ2n) is 7.89. The van der Waals surface area contributed by atoms with E-state index < -0.39 is 10.7 Å². The summed E-state index contributed by atoms with van der Waals surface area (Å²) in [7, 11) is 1.62. The van der Waals surface area contributed by atoms with Gasteiger partial charge in [0.25, 0.3) is 5.91 Å². The highest BCUT2D eigenvalue weighted by Crippen LogP contribution is 2.34. The molecule has 0 fully saturated rings. The van der Waals surface area contributed by atoms with E-state index in [2.05, 4.69) is 10.3 Å². The summed E-state index contributed by atoms with van der Waals surface area (Å²) in [5, 5.41) is 12.6. The van der Waals surface area contributed by atoms with Crippen LogP contribution >= 0.6 is 23.4 Å². The largest absolute Gasteiger partial charge is 0.480 e. The number of hydrogen-bond acceptors (Lipinski definition) is 5. The van der Waals surface area contributed by atoms with E-state index in [4.69, 9.17) is 16.3 Å². The smallest absolute Gasteiger partial charge is 0.319 e. The Hall–Kier alpha value is -2.81. The Morgan fingerprint density at radius 2 is 1.85 bits per heavy atom. The number of nitrogens with zero attached hydrogens (tertiary/aromatic N) is 2. The van der Waals surface area contributed by atoms with Gasteiger partial charge in [0.05, 0.1) is 17.3 Å². The molecule has 0 spiro atoms. The lowest BCUT2D eigenvalue weighted by Gasteiger charge is -2.18. The van der Waals surface area contributed by atoms with Crippen molar-refractivity contribution in [3.05, 3.63) is 64.9 Å². The Kier molecular flexibility index (Phi) is 7.84. The minimum atomic E-state index is -0.945. The molecule has 1 aromatic heterocycles. The summed E-state index contributed by atoms with van der Waals surface area (Å²) < 4.78 is 6.24. The number of halogens is 1. The molecule has 0 unspecified atom stereocenters. The van der Waals surface area contributed by atoms with Crippen LogP contribution in [0.4, 0.5) is 5.69 Å². The number of carbonyl (C=O) groups excluding carboxylic acids is 1. The van der Waals surface area contributed by atoms with Crippen molar-refractivity contribution in [1.29, 1.82) is 0 Å². The van der Waals surface area contributed by atoms with Gasteiger partial charge in [-0.15, -0.1) is 11.8 Å². The first-order valence-corrected chi connectivity index (χ1v) is 11.5. The van der Waals surface area contributed by atoms with E-state index in [1.54, 1.807) is 45.2 Å². The van der Waals surface area contributed by atoms with Crippen LogP contribution in [0.25, 0.3) is 11.4 Å². The molecule has 3 rings (SSSR count). The Balaban J connectivity index is 1.93. The third-order valence-electron chi connectivity index (χ3n) is 5.08. The second-order valence-corrected chi connectivity index (χ2v) is 9.99. The number of carboxylic acid groups (broad SMARTS) is 1. The first kappa shape index (κ1) is 24.8. The van der Waals surface area contributed by atoms with E-state index in [1.807, 2.05) is 35.8 Å². The average Bonchev–Trinajstić information content (AvgIpc) is 3.10. The molecule has 0 aliphatic carbocycles. The second kappa shape index (κ2) is 10.4.